The van der Waals surface area contributed by atoms with Gasteiger partial charge in [0.25, 0.3) is 5.91 Å². The largest absolute Gasteiger partial charge is 0.350 e. The Bertz CT molecular complexity index is 883. The molecule has 0 unspecified atom stereocenters. The molecule has 3 aromatic rings. The Morgan fingerprint density at radius 1 is 0.778 bits per heavy atom. The molecular formula is C20H19N5O2. The summed E-state index contributed by atoms with van der Waals surface area (Å²) in [7, 11) is 0. The average Bonchev–Trinajstić information content (AvgIpc) is 2.72. The molecule has 3 N–H and O–H groups in total. The molecule has 0 fully saturated rings. The number of amides is 3. The SMILES string of the molecule is O=C(NCCNC(=O)c1ccc(-c2cncnc2)cc1)Nc1ccccc1. The molecule has 27 heavy (non-hydrogen) atoms. The summed E-state index contributed by atoms with van der Waals surface area (Å²) in [5.41, 5.74) is 3.08. The molecule has 1 heterocycles. The highest BCUT2D eigenvalue weighted by Crippen LogP contribution is 2.17. The number of carbonyl (C=O) groups excluding carboxylic acids is 2. The van der Waals surface area contributed by atoms with E-state index in [4.69, 9.17) is 0 Å². The van der Waals surface area contributed by atoms with Crippen LogP contribution in [0, 0.1) is 0 Å². The lowest BCUT2D eigenvalue weighted by Gasteiger charge is -2.09. The minimum Gasteiger partial charge on any atom is -0.350 e. The number of benzene rings is 2. The molecule has 0 saturated heterocycles. The Hall–Kier alpha value is -3.74. The van der Waals surface area contributed by atoms with Crippen LogP contribution in [0.4, 0.5) is 10.5 Å². The topological polar surface area (TPSA) is 96.0 Å². The Morgan fingerprint density at radius 3 is 2.15 bits per heavy atom. The lowest BCUT2D eigenvalue weighted by Crippen LogP contribution is -2.36. The van der Waals surface area contributed by atoms with Gasteiger partial charge in [0.15, 0.2) is 0 Å². The third kappa shape index (κ3) is 5.37. The highest BCUT2D eigenvalue weighted by Gasteiger charge is 2.06. The molecule has 0 atom stereocenters. The van der Waals surface area contributed by atoms with Crippen LogP contribution in [0.5, 0.6) is 0 Å². The van der Waals surface area contributed by atoms with Crippen molar-refractivity contribution in [3.63, 3.8) is 0 Å². The van der Waals surface area contributed by atoms with Crippen LogP contribution in [-0.2, 0) is 0 Å². The zero-order valence-electron chi connectivity index (χ0n) is 14.6. The van der Waals surface area contributed by atoms with Gasteiger partial charge in [-0.3, -0.25) is 4.79 Å². The zero-order chi connectivity index (χ0) is 18.9. The number of hydrogen-bond acceptors (Lipinski definition) is 4. The van der Waals surface area contributed by atoms with Gasteiger partial charge in [-0.25, -0.2) is 14.8 Å². The van der Waals surface area contributed by atoms with E-state index in [1.54, 1.807) is 36.7 Å². The summed E-state index contributed by atoms with van der Waals surface area (Å²) < 4.78 is 0. The van der Waals surface area contributed by atoms with Crippen molar-refractivity contribution in [3.8, 4) is 11.1 Å². The summed E-state index contributed by atoms with van der Waals surface area (Å²) in [5, 5.41) is 8.17. The van der Waals surface area contributed by atoms with Crippen LogP contribution < -0.4 is 16.0 Å². The Morgan fingerprint density at radius 2 is 1.44 bits per heavy atom. The van der Waals surface area contributed by atoms with E-state index in [-0.39, 0.29) is 11.9 Å². The molecule has 2 aromatic carbocycles. The van der Waals surface area contributed by atoms with E-state index in [1.807, 2.05) is 30.3 Å². The highest BCUT2D eigenvalue weighted by molar-refractivity contribution is 5.94. The van der Waals surface area contributed by atoms with Gasteiger partial charge in [0.1, 0.15) is 6.33 Å². The first kappa shape index (κ1) is 18.1. The maximum Gasteiger partial charge on any atom is 0.319 e. The maximum absolute atomic E-state index is 12.2. The van der Waals surface area contributed by atoms with E-state index < -0.39 is 0 Å². The molecule has 3 rings (SSSR count). The number of urea groups is 1. The van der Waals surface area contributed by atoms with Crippen LogP contribution in [0.3, 0.4) is 0 Å². The van der Waals surface area contributed by atoms with Crippen molar-refractivity contribution < 1.29 is 9.59 Å². The fourth-order valence-electron chi connectivity index (χ4n) is 2.41. The quantitative estimate of drug-likeness (QED) is 0.588. The van der Waals surface area contributed by atoms with Crippen molar-refractivity contribution in [2.24, 2.45) is 0 Å². The van der Waals surface area contributed by atoms with Crippen molar-refractivity contribution in [1.29, 1.82) is 0 Å². The first-order chi connectivity index (χ1) is 13.2. The monoisotopic (exact) mass is 361 g/mol. The number of para-hydroxylation sites is 1. The average molecular weight is 361 g/mol. The number of aromatic nitrogens is 2. The standard InChI is InChI=1S/C20H19N5O2/c26-19(16-8-6-15(7-9-16)17-12-21-14-22-13-17)23-10-11-24-20(27)25-18-4-2-1-3-5-18/h1-9,12-14H,10-11H2,(H,23,26)(H2,24,25,27). The van der Waals surface area contributed by atoms with Crippen molar-refractivity contribution in [2.75, 3.05) is 18.4 Å². The van der Waals surface area contributed by atoms with E-state index in [1.165, 1.54) is 6.33 Å². The van der Waals surface area contributed by atoms with E-state index in [0.29, 0.717) is 24.3 Å². The molecule has 0 spiro atoms. The van der Waals surface area contributed by atoms with E-state index >= 15 is 0 Å². The normalized spacial score (nSPS) is 10.1. The molecule has 7 nitrogen and oxygen atoms in total. The summed E-state index contributed by atoms with van der Waals surface area (Å²) >= 11 is 0. The molecule has 3 amide bonds. The highest BCUT2D eigenvalue weighted by atomic mass is 16.2. The van der Waals surface area contributed by atoms with E-state index in [0.717, 1.165) is 11.1 Å². The van der Waals surface area contributed by atoms with E-state index in [2.05, 4.69) is 25.9 Å². The van der Waals surface area contributed by atoms with Gasteiger partial charge >= 0.3 is 6.03 Å². The maximum atomic E-state index is 12.2. The summed E-state index contributed by atoms with van der Waals surface area (Å²) in [6.45, 7) is 0.652. The van der Waals surface area contributed by atoms with Gasteiger partial charge < -0.3 is 16.0 Å². The summed E-state index contributed by atoms with van der Waals surface area (Å²) in [4.78, 5) is 31.9. The van der Waals surface area contributed by atoms with Gasteiger partial charge in [0.2, 0.25) is 0 Å². The molecule has 0 aliphatic heterocycles. The predicted molar refractivity (Wildman–Crippen MR) is 103 cm³/mol. The van der Waals surface area contributed by atoms with Crippen LogP contribution in [0.25, 0.3) is 11.1 Å². The molecule has 0 bridgehead atoms. The third-order valence-electron chi connectivity index (χ3n) is 3.77. The van der Waals surface area contributed by atoms with Crippen LogP contribution in [0.15, 0.2) is 73.3 Å². The van der Waals surface area contributed by atoms with Crippen molar-refractivity contribution >= 4 is 17.6 Å². The Kier molecular flexibility index (Phi) is 6.08. The number of hydrogen-bond donors (Lipinski definition) is 3. The molecule has 0 saturated carbocycles. The Balaban J connectivity index is 1.42. The van der Waals surface area contributed by atoms with Crippen LogP contribution in [-0.4, -0.2) is 35.0 Å². The molecule has 1 aromatic heterocycles. The number of nitrogens with one attached hydrogen (secondary N) is 3. The third-order valence-corrected chi connectivity index (χ3v) is 3.77. The molecule has 0 aliphatic carbocycles. The predicted octanol–water partition coefficient (Wildman–Crippen LogP) is 2.70. The fourth-order valence-corrected chi connectivity index (χ4v) is 2.41. The van der Waals surface area contributed by atoms with Crippen molar-refractivity contribution in [3.05, 3.63) is 78.9 Å². The van der Waals surface area contributed by atoms with Gasteiger partial charge in [-0.15, -0.1) is 0 Å². The molecule has 7 heteroatoms. The second-order valence-corrected chi connectivity index (χ2v) is 5.71. The minimum atomic E-state index is -0.315. The lowest BCUT2D eigenvalue weighted by molar-refractivity contribution is 0.0954. The summed E-state index contributed by atoms with van der Waals surface area (Å²) in [6.07, 6.45) is 4.90. The van der Waals surface area contributed by atoms with E-state index in [9.17, 15) is 9.59 Å². The lowest BCUT2D eigenvalue weighted by atomic mass is 10.1. The molecule has 0 radical (unpaired) electrons. The molecule has 0 aliphatic rings. The fraction of sp³-hybridized carbons (Fsp3) is 0.100. The number of carbonyl (C=O) groups is 2. The summed E-state index contributed by atoms with van der Waals surface area (Å²) in [6, 6.07) is 16.0. The Labute approximate surface area is 156 Å². The smallest absolute Gasteiger partial charge is 0.319 e. The second-order valence-electron chi connectivity index (χ2n) is 5.71. The first-order valence-corrected chi connectivity index (χ1v) is 8.46. The van der Waals surface area contributed by atoms with Crippen molar-refractivity contribution in [2.45, 2.75) is 0 Å². The zero-order valence-corrected chi connectivity index (χ0v) is 14.6. The number of rotatable bonds is 6. The number of nitrogens with zero attached hydrogens (tertiary/aromatic N) is 2. The molecule has 136 valence electrons. The van der Waals surface area contributed by atoms with Crippen LogP contribution >= 0.6 is 0 Å². The first-order valence-electron chi connectivity index (χ1n) is 8.46. The van der Waals surface area contributed by atoms with Gasteiger partial charge in [0, 0.05) is 42.3 Å². The van der Waals surface area contributed by atoms with Crippen LogP contribution in [0.1, 0.15) is 10.4 Å². The molecular weight excluding hydrogens is 342 g/mol. The minimum absolute atomic E-state index is 0.198. The van der Waals surface area contributed by atoms with Gasteiger partial charge in [0.05, 0.1) is 0 Å². The van der Waals surface area contributed by atoms with Gasteiger partial charge in [-0.1, -0.05) is 30.3 Å². The second kappa shape index (κ2) is 9.10. The van der Waals surface area contributed by atoms with Gasteiger partial charge in [-0.05, 0) is 29.8 Å². The summed E-state index contributed by atoms with van der Waals surface area (Å²) in [5.74, 6) is -0.198. The van der Waals surface area contributed by atoms with Crippen molar-refractivity contribution in [1.82, 2.24) is 20.6 Å². The number of anilines is 1. The van der Waals surface area contributed by atoms with Crippen LogP contribution in [0.2, 0.25) is 0 Å². The van der Waals surface area contributed by atoms with Gasteiger partial charge in [-0.2, -0.15) is 0 Å².